The van der Waals surface area contributed by atoms with E-state index in [9.17, 15) is 4.79 Å². The van der Waals surface area contributed by atoms with Crippen LogP contribution < -0.4 is 5.73 Å². The van der Waals surface area contributed by atoms with Crippen molar-refractivity contribution in [2.45, 2.75) is 63.6 Å². The van der Waals surface area contributed by atoms with Crippen LogP contribution in [0.1, 0.15) is 46.0 Å². The Morgan fingerprint density at radius 1 is 1.09 bits per heavy atom. The third-order valence-corrected chi connectivity index (χ3v) is 7.23. The first-order chi connectivity index (χ1) is 11.0. The molecule has 130 valence electrons. The summed E-state index contributed by atoms with van der Waals surface area (Å²) in [6, 6.07) is 0.773. The number of nitrogens with two attached hydrogens (primary N) is 1. The van der Waals surface area contributed by atoms with Crippen LogP contribution in [-0.2, 0) is 9.53 Å². The van der Waals surface area contributed by atoms with Crippen molar-refractivity contribution in [1.82, 2.24) is 9.80 Å². The normalized spacial score (nSPS) is 40.9. The molecule has 3 unspecified atom stereocenters. The third-order valence-electron chi connectivity index (χ3n) is 7.23. The molecule has 4 fully saturated rings. The van der Waals surface area contributed by atoms with E-state index in [1.165, 1.54) is 19.3 Å². The molecule has 2 aliphatic carbocycles. The summed E-state index contributed by atoms with van der Waals surface area (Å²) in [5, 5.41) is 0. The fourth-order valence-corrected chi connectivity index (χ4v) is 5.31. The summed E-state index contributed by atoms with van der Waals surface area (Å²) < 4.78 is 5.94. The fourth-order valence-electron chi connectivity index (χ4n) is 5.31. The number of nitrogens with zero attached hydrogens (tertiary/aromatic N) is 2. The molecule has 0 spiro atoms. The molecular weight excluding hydrogens is 290 g/mol. The first kappa shape index (κ1) is 15.9. The van der Waals surface area contributed by atoms with E-state index in [4.69, 9.17) is 10.5 Å². The van der Waals surface area contributed by atoms with Crippen LogP contribution >= 0.6 is 0 Å². The minimum Gasteiger partial charge on any atom is -0.377 e. The van der Waals surface area contributed by atoms with Crippen LogP contribution in [0.3, 0.4) is 0 Å². The van der Waals surface area contributed by atoms with Crippen molar-refractivity contribution in [1.29, 1.82) is 0 Å². The van der Waals surface area contributed by atoms with Gasteiger partial charge in [-0.3, -0.25) is 9.69 Å². The highest BCUT2D eigenvalue weighted by Gasteiger charge is 2.70. The molecule has 0 aromatic heterocycles. The number of fused-ring (bicyclic) bond motifs is 1. The summed E-state index contributed by atoms with van der Waals surface area (Å²) in [5.41, 5.74) is 5.75. The molecule has 2 heterocycles. The molecule has 5 nitrogen and oxygen atoms in total. The number of piperazine rings is 1. The molecule has 2 aliphatic heterocycles. The largest absolute Gasteiger partial charge is 0.377 e. The average molecular weight is 321 g/mol. The average Bonchev–Trinajstić information content (AvgIpc) is 2.52. The molecule has 5 heteroatoms. The Morgan fingerprint density at radius 3 is 2.39 bits per heavy atom. The van der Waals surface area contributed by atoms with Crippen LogP contribution in [0.2, 0.25) is 0 Å². The number of hydrogen-bond acceptors (Lipinski definition) is 4. The van der Waals surface area contributed by atoms with Gasteiger partial charge in [0, 0.05) is 50.2 Å². The van der Waals surface area contributed by atoms with E-state index in [0.717, 1.165) is 51.7 Å². The minimum atomic E-state index is -0.739. The van der Waals surface area contributed by atoms with Gasteiger partial charge >= 0.3 is 0 Å². The Labute approximate surface area is 139 Å². The van der Waals surface area contributed by atoms with Gasteiger partial charge in [0.05, 0.1) is 6.10 Å². The smallest absolute Gasteiger partial charge is 0.243 e. The molecule has 2 saturated carbocycles. The molecular formula is C18H31N3O2. The number of amides is 1. The first-order valence-corrected chi connectivity index (χ1v) is 9.40. The summed E-state index contributed by atoms with van der Waals surface area (Å²) in [4.78, 5) is 17.9. The number of ether oxygens (including phenoxy) is 1. The fraction of sp³-hybridized carbons (Fsp3) is 0.944. The second-order valence-electron chi connectivity index (χ2n) is 8.54. The summed E-state index contributed by atoms with van der Waals surface area (Å²) in [5.74, 6) is 0.367. The van der Waals surface area contributed by atoms with E-state index < -0.39 is 5.54 Å². The summed E-state index contributed by atoms with van der Waals surface area (Å²) in [6.45, 7) is 8.74. The zero-order valence-electron chi connectivity index (χ0n) is 14.6. The van der Waals surface area contributed by atoms with E-state index in [0.29, 0.717) is 0 Å². The number of carbonyl (C=O) groups excluding carboxylic acids is 1. The molecule has 23 heavy (non-hydrogen) atoms. The van der Waals surface area contributed by atoms with Gasteiger partial charge in [0.15, 0.2) is 0 Å². The Kier molecular flexibility index (Phi) is 3.74. The van der Waals surface area contributed by atoms with Gasteiger partial charge in [0.1, 0.15) is 5.54 Å². The van der Waals surface area contributed by atoms with Gasteiger partial charge in [-0.05, 0) is 25.7 Å². The summed E-state index contributed by atoms with van der Waals surface area (Å²) in [6.07, 6.45) is 6.25. The lowest BCUT2D eigenvalue weighted by atomic mass is 9.46. The lowest BCUT2D eigenvalue weighted by Gasteiger charge is -2.66. The Morgan fingerprint density at radius 2 is 1.78 bits per heavy atom. The van der Waals surface area contributed by atoms with Crippen molar-refractivity contribution in [2.24, 2.45) is 17.1 Å². The van der Waals surface area contributed by atoms with E-state index in [2.05, 4.69) is 18.7 Å². The molecule has 4 rings (SSSR count). The maximum atomic E-state index is 13.3. The predicted molar refractivity (Wildman–Crippen MR) is 89.0 cm³/mol. The molecule has 3 atom stereocenters. The highest BCUT2D eigenvalue weighted by Crippen LogP contribution is 2.58. The van der Waals surface area contributed by atoms with Gasteiger partial charge in [-0.1, -0.05) is 20.3 Å². The van der Waals surface area contributed by atoms with Crippen molar-refractivity contribution in [3.05, 3.63) is 0 Å². The topological polar surface area (TPSA) is 58.8 Å². The van der Waals surface area contributed by atoms with Crippen LogP contribution in [0.15, 0.2) is 0 Å². The lowest BCUT2D eigenvalue weighted by Crippen LogP contribution is -2.83. The maximum Gasteiger partial charge on any atom is 0.243 e. The van der Waals surface area contributed by atoms with Crippen molar-refractivity contribution < 1.29 is 9.53 Å². The van der Waals surface area contributed by atoms with E-state index >= 15 is 0 Å². The zero-order chi connectivity index (χ0) is 16.2. The number of hydrogen-bond donors (Lipinski definition) is 1. The Balaban J connectivity index is 1.44. The Hall–Kier alpha value is -0.650. The second-order valence-corrected chi connectivity index (χ2v) is 8.54. The van der Waals surface area contributed by atoms with Crippen molar-refractivity contribution in [3.8, 4) is 0 Å². The Bertz CT molecular complexity index is 483. The third kappa shape index (κ3) is 2.12. The zero-order valence-corrected chi connectivity index (χ0v) is 14.6. The molecule has 0 radical (unpaired) electrons. The van der Waals surface area contributed by atoms with Crippen LogP contribution in [-0.4, -0.2) is 66.2 Å². The summed E-state index contributed by atoms with van der Waals surface area (Å²) >= 11 is 0. The highest BCUT2D eigenvalue weighted by molar-refractivity contribution is 5.89. The predicted octanol–water partition coefficient (Wildman–Crippen LogP) is 1.22. The van der Waals surface area contributed by atoms with Gasteiger partial charge in [-0.2, -0.15) is 0 Å². The molecule has 0 aromatic rings. The SMILES string of the molecule is CC1(C)C2OCCCC2C1(N)C(=O)N1CCN(C2CCC2)CC1. The van der Waals surface area contributed by atoms with Crippen LogP contribution in [0.5, 0.6) is 0 Å². The molecule has 2 N–H and O–H groups in total. The van der Waals surface area contributed by atoms with Crippen molar-refractivity contribution in [2.75, 3.05) is 32.8 Å². The molecule has 4 aliphatic rings. The lowest BCUT2D eigenvalue weighted by molar-refractivity contribution is -0.230. The van der Waals surface area contributed by atoms with E-state index in [-0.39, 0.29) is 23.3 Å². The van der Waals surface area contributed by atoms with Gasteiger partial charge in [-0.25, -0.2) is 0 Å². The van der Waals surface area contributed by atoms with Gasteiger partial charge in [-0.15, -0.1) is 0 Å². The van der Waals surface area contributed by atoms with Crippen LogP contribution in [0.4, 0.5) is 0 Å². The van der Waals surface area contributed by atoms with Gasteiger partial charge < -0.3 is 15.4 Å². The van der Waals surface area contributed by atoms with E-state index in [1.807, 2.05) is 4.90 Å². The highest BCUT2D eigenvalue weighted by atomic mass is 16.5. The van der Waals surface area contributed by atoms with Crippen LogP contribution in [0.25, 0.3) is 0 Å². The van der Waals surface area contributed by atoms with Crippen LogP contribution in [0, 0.1) is 11.3 Å². The van der Waals surface area contributed by atoms with E-state index in [1.54, 1.807) is 0 Å². The standard InChI is InChI=1S/C18H31N3O2/c1-17(2)15-14(7-4-12-23-15)18(17,19)16(22)21-10-8-20(9-11-21)13-5-3-6-13/h13-15H,3-12,19H2,1-2H3. The van der Waals surface area contributed by atoms with Crippen molar-refractivity contribution >= 4 is 5.91 Å². The number of carbonyl (C=O) groups is 1. The second kappa shape index (κ2) is 5.43. The maximum absolute atomic E-state index is 13.3. The monoisotopic (exact) mass is 321 g/mol. The summed E-state index contributed by atoms with van der Waals surface area (Å²) in [7, 11) is 0. The molecule has 1 amide bonds. The van der Waals surface area contributed by atoms with Gasteiger partial charge in [0.2, 0.25) is 5.91 Å². The molecule has 2 saturated heterocycles. The van der Waals surface area contributed by atoms with Crippen molar-refractivity contribution in [3.63, 3.8) is 0 Å². The van der Waals surface area contributed by atoms with Gasteiger partial charge in [0.25, 0.3) is 0 Å². The molecule has 0 aromatic carbocycles. The number of rotatable bonds is 2. The first-order valence-electron chi connectivity index (χ1n) is 9.40. The molecule has 0 bridgehead atoms. The minimum absolute atomic E-state index is 0.154. The quantitative estimate of drug-likeness (QED) is 0.831.